The number of rotatable bonds is 2. The molecule has 1 aromatic rings. The lowest BCUT2D eigenvalue weighted by atomic mass is 9.88. The molecule has 21 heavy (non-hydrogen) atoms. The van der Waals surface area contributed by atoms with Crippen LogP contribution in [0.5, 0.6) is 0 Å². The molecular weight excluding hydrogens is 286 g/mol. The highest BCUT2D eigenvalue weighted by Crippen LogP contribution is 2.29. The molecule has 0 unspecified atom stereocenters. The average molecular weight is 312 g/mol. The van der Waals surface area contributed by atoms with Crippen molar-refractivity contribution in [3.63, 3.8) is 0 Å². The molecule has 0 saturated carbocycles. The van der Waals surface area contributed by atoms with Crippen molar-refractivity contribution < 1.29 is 9.53 Å². The predicted octanol–water partition coefficient (Wildman–Crippen LogP) is 3.81. The Morgan fingerprint density at radius 1 is 1.24 bits per heavy atom. The third-order valence-electron chi connectivity index (χ3n) is 3.85. The van der Waals surface area contributed by atoms with Crippen LogP contribution in [0.2, 0.25) is 0 Å². The van der Waals surface area contributed by atoms with Crippen LogP contribution in [0, 0.1) is 0 Å². The van der Waals surface area contributed by atoms with Gasteiger partial charge in [-0.2, -0.15) is 0 Å². The van der Waals surface area contributed by atoms with Crippen molar-refractivity contribution in [3.8, 4) is 0 Å². The van der Waals surface area contributed by atoms with Gasteiger partial charge in [0.25, 0.3) is 0 Å². The maximum absolute atomic E-state index is 11.4. The minimum absolute atomic E-state index is 0. The van der Waals surface area contributed by atoms with Crippen LogP contribution in [0.25, 0.3) is 0 Å². The van der Waals surface area contributed by atoms with Crippen molar-refractivity contribution >= 4 is 18.3 Å². The summed E-state index contributed by atoms with van der Waals surface area (Å²) in [5, 5.41) is 3.09. The maximum atomic E-state index is 11.4. The fourth-order valence-corrected chi connectivity index (χ4v) is 2.71. The summed E-state index contributed by atoms with van der Waals surface area (Å²) >= 11 is 0. The fraction of sp³-hybridized carbons (Fsp3) is 0.588. The number of amides is 1. The summed E-state index contributed by atoms with van der Waals surface area (Å²) in [6, 6.07) is 8.66. The number of fused-ring (bicyclic) bond motifs is 1. The number of carbonyl (C=O) groups is 1. The lowest BCUT2D eigenvalue weighted by Crippen LogP contribution is -2.30. The number of hydrogen-bond acceptors (Lipinski definition) is 2. The first-order valence-corrected chi connectivity index (χ1v) is 7.76. The Hall–Kier alpha value is -1.06. The van der Waals surface area contributed by atoms with Crippen LogP contribution < -0.4 is 5.32 Å². The Kier molecular flexibility index (Phi) is 8.40. The Balaban J connectivity index is 0.000000313. The second kappa shape index (κ2) is 9.80. The lowest BCUT2D eigenvalue weighted by molar-refractivity contribution is -0.121. The number of ether oxygens (including phenoxy) is 1. The third kappa shape index (κ3) is 5.68. The Labute approximate surface area is 133 Å². The van der Waals surface area contributed by atoms with Crippen molar-refractivity contribution in [3.05, 3.63) is 35.4 Å². The standard InChI is InChI=1S/C13H17NO.C4H8O.ClH/c1-2-13(15)14-12-9-5-7-10-6-3-4-8-11(10)12;1-2-4-5-3-1;/h3-4,6,8,12H,2,5,7,9H2,1H3,(H,14,15);1-4H2;1H/t12-;;/m1../s1. The number of hydrogen-bond donors (Lipinski definition) is 1. The molecule has 4 heteroatoms. The first-order chi connectivity index (χ1) is 9.81. The van der Waals surface area contributed by atoms with Gasteiger partial charge in [0.15, 0.2) is 0 Å². The largest absolute Gasteiger partial charge is 0.381 e. The van der Waals surface area contributed by atoms with Gasteiger partial charge in [0.1, 0.15) is 0 Å². The first kappa shape index (κ1) is 18.0. The van der Waals surface area contributed by atoms with Crippen molar-refractivity contribution in [2.75, 3.05) is 13.2 Å². The van der Waals surface area contributed by atoms with Gasteiger partial charge in [-0.15, -0.1) is 12.4 Å². The van der Waals surface area contributed by atoms with E-state index in [1.54, 1.807) is 0 Å². The van der Waals surface area contributed by atoms with Gasteiger partial charge < -0.3 is 10.1 Å². The van der Waals surface area contributed by atoms with Crippen LogP contribution in [0.1, 0.15) is 56.2 Å². The molecule has 1 aromatic carbocycles. The van der Waals surface area contributed by atoms with E-state index in [4.69, 9.17) is 4.74 Å². The fourth-order valence-electron chi connectivity index (χ4n) is 2.71. The van der Waals surface area contributed by atoms with E-state index in [9.17, 15) is 4.79 Å². The predicted molar refractivity (Wildman–Crippen MR) is 87.9 cm³/mol. The molecule has 2 aliphatic rings. The number of benzene rings is 1. The second-order valence-corrected chi connectivity index (χ2v) is 5.38. The molecule has 3 rings (SSSR count). The van der Waals surface area contributed by atoms with Crippen molar-refractivity contribution in [2.24, 2.45) is 0 Å². The zero-order valence-corrected chi connectivity index (χ0v) is 13.6. The van der Waals surface area contributed by atoms with Gasteiger partial charge in [-0.3, -0.25) is 4.79 Å². The van der Waals surface area contributed by atoms with E-state index in [0.717, 1.165) is 26.1 Å². The van der Waals surface area contributed by atoms with Gasteiger partial charge in [0.05, 0.1) is 6.04 Å². The van der Waals surface area contributed by atoms with E-state index >= 15 is 0 Å². The summed E-state index contributed by atoms with van der Waals surface area (Å²) < 4.78 is 4.94. The van der Waals surface area contributed by atoms with E-state index in [1.807, 2.05) is 6.92 Å². The summed E-state index contributed by atoms with van der Waals surface area (Å²) in [6.45, 7) is 3.89. The number of carbonyl (C=O) groups excluding carboxylic acids is 1. The van der Waals surface area contributed by atoms with E-state index in [2.05, 4.69) is 29.6 Å². The van der Waals surface area contributed by atoms with Gasteiger partial charge >= 0.3 is 0 Å². The highest BCUT2D eigenvalue weighted by atomic mass is 35.5. The van der Waals surface area contributed by atoms with Crippen molar-refractivity contribution in [1.82, 2.24) is 5.32 Å². The SMILES string of the molecule is C1CCOC1.CCC(=O)N[C@@H]1CCCc2ccccc21.Cl. The average Bonchev–Trinajstić information content (AvgIpc) is 3.07. The highest BCUT2D eigenvalue weighted by molar-refractivity contribution is 5.85. The molecule has 1 heterocycles. The van der Waals surface area contributed by atoms with Crippen LogP contribution in [-0.2, 0) is 16.0 Å². The van der Waals surface area contributed by atoms with Crippen molar-refractivity contribution in [2.45, 2.75) is 51.5 Å². The molecule has 1 aliphatic heterocycles. The first-order valence-electron chi connectivity index (χ1n) is 7.76. The monoisotopic (exact) mass is 311 g/mol. The van der Waals surface area contributed by atoms with Crippen LogP contribution in [0.4, 0.5) is 0 Å². The molecule has 1 atom stereocenters. The van der Waals surface area contributed by atoms with Crippen LogP contribution in [0.15, 0.2) is 24.3 Å². The molecule has 0 aromatic heterocycles. The van der Waals surface area contributed by atoms with Crippen LogP contribution in [0.3, 0.4) is 0 Å². The van der Waals surface area contributed by atoms with E-state index in [1.165, 1.54) is 30.4 Å². The second-order valence-electron chi connectivity index (χ2n) is 5.38. The molecule has 3 nitrogen and oxygen atoms in total. The summed E-state index contributed by atoms with van der Waals surface area (Å²) in [6.07, 6.45) is 6.52. The van der Waals surface area contributed by atoms with E-state index in [-0.39, 0.29) is 24.4 Å². The summed E-state index contributed by atoms with van der Waals surface area (Å²) in [4.78, 5) is 11.4. The quantitative estimate of drug-likeness (QED) is 0.902. The Morgan fingerprint density at radius 3 is 2.57 bits per heavy atom. The van der Waals surface area contributed by atoms with Crippen LogP contribution in [-0.4, -0.2) is 19.1 Å². The molecule has 1 saturated heterocycles. The summed E-state index contributed by atoms with van der Waals surface area (Å²) in [5.74, 6) is 0.150. The molecule has 1 amide bonds. The lowest BCUT2D eigenvalue weighted by Gasteiger charge is -2.26. The van der Waals surface area contributed by atoms with E-state index < -0.39 is 0 Å². The van der Waals surface area contributed by atoms with Crippen LogP contribution >= 0.6 is 12.4 Å². The van der Waals surface area contributed by atoms with Gasteiger partial charge in [-0.05, 0) is 43.2 Å². The Morgan fingerprint density at radius 2 is 1.95 bits per heavy atom. The molecule has 0 bridgehead atoms. The Bertz CT molecular complexity index is 425. The number of aryl methyl sites for hydroxylation is 1. The van der Waals surface area contributed by atoms with E-state index in [0.29, 0.717) is 6.42 Å². The molecule has 1 N–H and O–H groups in total. The minimum Gasteiger partial charge on any atom is -0.381 e. The zero-order chi connectivity index (χ0) is 14.2. The van der Waals surface area contributed by atoms with Gasteiger partial charge in [-0.1, -0.05) is 31.2 Å². The minimum atomic E-state index is 0. The molecule has 118 valence electrons. The molecule has 1 aliphatic carbocycles. The summed E-state index contributed by atoms with van der Waals surface area (Å²) in [5.41, 5.74) is 2.70. The maximum Gasteiger partial charge on any atom is 0.220 e. The van der Waals surface area contributed by atoms with Gasteiger partial charge in [-0.25, -0.2) is 0 Å². The number of halogens is 1. The third-order valence-corrected chi connectivity index (χ3v) is 3.85. The highest BCUT2D eigenvalue weighted by Gasteiger charge is 2.20. The molecule has 0 radical (unpaired) electrons. The molecule has 1 fully saturated rings. The summed E-state index contributed by atoms with van der Waals surface area (Å²) in [7, 11) is 0. The zero-order valence-electron chi connectivity index (χ0n) is 12.8. The number of nitrogens with one attached hydrogen (secondary N) is 1. The topological polar surface area (TPSA) is 38.3 Å². The normalized spacial score (nSPS) is 19.6. The smallest absolute Gasteiger partial charge is 0.220 e. The van der Waals surface area contributed by atoms with Crippen molar-refractivity contribution in [1.29, 1.82) is 0 Å². The van der Waals surface area contributed by atoms with Gasteiger partial charge in [0.2, 0.25) is 5.91 Å². The molecular formula is C17H26ClNO2. The molecule has 0 spiro atoms. The van der Waals surface area contributed by atoms with Gasteiger partial charge in [0, 0.05) is 19.6 Å².